The van der Waals surface area contributed by atoms with E-state index in [1.165, 1.54) is 25.6 Å². The number of nitriles is 1. The lowest BCUT2D eigenvalue weighted by molar-refractivity contribution is -0.0350. The van der Waals surface area contributed by atoms with Crippen molar-refractivity contribution in [2.75, 3.05) is 23.6 Å². The predicted octanol–water partition coefficient (Wildman–Crippen LogP) is 3.24. The number of aromatic nitrogens is 2. The van der Waals surface area contributed by atoms with Gasteiger partial charge < -0.3 is 14.8 Å². The Kier molecular flexibility index (Phi) is 6.77. The van der Waals surface area contributed by atoms with E-state index in [9.17, 15) is 4.79 Å². The van der Waals surface area contributed by atoms with Gasteiger partial charge in [0.05, 0.1) is 24.0 Å². The van der Waals surface area contributed by atoms with Crippen LogP contribution in [0.25, 0.3) is 0 Å². The van der Waals surface area contributed by atoms with Crippen molar-refractivity contribution in [1.29, 1.82) is 5.26 Å². The molecule has 1 atom stereocenters. The Bertz CT molecular complexity index is 776. The van der Waals surface area contributed by atoms with Gasteiger partial charge in [0.25, 0.3) is 0 Å². The number of anilines is 2. The molecular formula is C15H13Cl2N5O3. The SMILES string of the molecule is COC(CCl)Oc1ccc(Cl)cc1NC(=O)Nc1cnc(C#N)cn1. The molecule has 1 heterocycles. The monoisotopic (exact) mass is 381 g/mol. The van der Waals surface area contributed by atoms with Crippen molar-refractivity contribution in [1.82, 2.24) is 9.97 Å². The van der Waals surface area contributed by atoms with Gasteiger partial charge in [-0.2, -0.15) is 5.26 Å². The number of carbonyl (C=O) groups excluding carboxylic acids is 1. The molecule has 0 radical (unpaired) electrons. The number of rotatable bonds is 6. The highest BCUT2D eigenvalue weighted by Gasteiger charge is 2.14. The van der Waals surface area contributed by atoms with Crippen LogP contribution in [0.3, 0.4) is 0 Å². The fourth-order valence-electron chi connectivity index (χ4n) is 1.71. The zero-order chi connectivity index (χ0) is 18.2. The third kappa shape index (κ3) is 5.46. The van der Waals surface area contributed by atoms with E-state index in [0.29, 0.717) is 16.5 Å². The Morgan fingerprint density at radius 3 is 2.76 bits per heavy atom. The van der Waals surface area contributed by atoms with Crippen LogP contribution in [0.5, 0.6) is 5.75 Å². The molecule has 0 aliphatic carbocycles. The van der Waals surface area contributed by atoms with E-state index in [0.717, 1.165) is 0 Å². The molecule has 2 N–H and O–H groups in total. The average molecular weight is 382 g/mol. The molecule has 0 fully saturated rings. The van der Waals surface area contributed by atoms with E-state index in [1.54, 1.807) is 12.1 Å². The molecule has 1 aromatic heterocycles. The number of carbonyl (C=O) groups is 1. The number of hydrogen-bond acceptors (Lipinski definition) is 6. The third-order valence-corrected chi connectivity index (χ3v) is 3.33. The van der Waals surface area contributed by atoms with Gasteiger partial charge >= 0.3 is 6.03 Å². The van der Waals surface area contributed by atoms with E-state index in [-0.39, 0.29) is 17.4 Å². The van der Waals surface area contributed by atoms with Crippen molar-refractivity contribution in [3.05, 3.63) is 41.3 Å². The van der Waals surface area contributed by atoms with Gasteiger partial charge in [-0.15, -0.1) is 11.6 Å². The number of benzene rings is 1. The van der Waals surface area contributed by atoms with Gasteiger partial charge in [0.2, 0.25) is 6.29 Å². The molecule has 0 saturated carbocycles. The number of nitrogens with one attached hydrogen (secondary N) is 2. The molecule has 8 nitrogen and oxygen atoms in total. The summed E-state index contributed by atoms with van der Waals surface area (Å²) in [6.45, 7) is 0. The first kappa shape index (κ1) is 18.7. The molecule has 1 unspecified atom stereocenters. The van der Waals surface area contributed by atoms with Crippen molar-refractivity contribution >= 4 is 40.7 Å². The second kappa shape index (κ2) is 9.03. The van der Waals surface area contributed by atoms with Crippen LogP contribution in [0.1, 0.15) is 5.69 Å². The molecule has 0 saturated heterocycles. The zero-order valence-corrected chi connectivity index (χ0v) is 14.5. The molecule has 2 rings (SSSR count). The summed E-state index contributed by atoms with van der Waals surface area (Å²) in [6, 6.07) is 5.94. The minimum absolute atomic E-state index is 0.103. The minimum atomic E-state index is -0.684. The Hall–Kier alpha value is -2.60. The van der Waals surface area contributed by atoms with Crippen LogP contribution in [0.4, 0.5) is 16.3 Å². The number of alkyl halides is 1. The highest BCUT2D eigenvalue weighted by molar-refractivity contribution is 6.31. The maximum Gasteiger partial charge on any atom is 0.325 e. The first-order valence-electron chi connectivity index (χ1n) is 6.90. The number of methoxy groups -OCH3 is 1. The average Bonchev–Trinajstić information content (AvgIpc) is 2.62. The van der Waals surface area contributed by atoms with Gasteiger partial charge in [-0.3, -0.25) is 5.32 Å². The summed E-state index contributed by atoms with van der Waals surface area (Å²) in [5.74, 6) is 0.612. The van der Waals surface area contributed by atoms with Crippen LogP contribution < -0.4 is 15.4 Å². The molecule has 0 aliphatic heterocycles. The molecule has 2 amide bonds. The maximum absolute atomic E-state index is 12.1. The number of ether oxygens (including phenoxy) is 2. The van der Waals surface area contributed by atoms with Gasteiger partial charge in [0.15, 0.2) is 11.5 Å². The first-order valence-corrected chi connectivity index (χ1v) is 7.82. The topological polar surface area (TPSA) is 109 Å². The molecule has 1 aromatic carbocycles. The Labute approximate surface area is 153 Å². The second-order valence-electron chi connectivity index (χ2n) is 4.56. The minimum Gasteiger partial charge on any atom is -0.461 e. The quantitative estimate of drug-likeness (QED) is 0.587. The standard InChI is InChI=1S/C15H13Cl2N5O3/c1-24-14(5-16)25-12-3-2-9(17)4-11(12)21-15(23)22-13-8-19-10(6-18)7-20-13/h2-4,7-8,14H,5H2,1H3,(H2,20,21,22,23). The van der Waals surface area contributed by atoms with Gasteiger partial charge in [-0.05, 0) is 18.2 Å². The highest BCUT2D eigenvalue weighted by Crippen LogP contribution is 2.29. The predicted molar refractivity (Wildman–Crippen MR) is 93.0 cm³/mol. The van der Waals surface area contributed by atoms with Gasteiger partial charge in [0.1, 0.15) is 11.8 Å². The lowest BCUT2D eigenvalue weighted by Gasteiger charge is -2.18. The van der Waals surface area contributed by atoms with Gasteiger partial charge in [-0.1, -0.05) is 11.6 Å². The summed E-state index contributed by atoms with van der Waals surface area (Å²) >= 11 is 11.7. The second-order valence-corrected chi connectivity index (χ2v) is 5.30. The van der Waals surface area contributed by atoms with E-state index in [1.807, 2.05) is 6.07 Å². The maximum atomic E-state index is 12.1. The molecule has 25 heavy (non-hydrogen) atoms. The summed E-state index contributed by atoms with van der Waals surface area (Å²) in [5, 5.41) is 14.2. The van der Waals surface area contributed by atoms with Crippen molar-refractivity contribution in [3.63, 3.8) is 0 Å². The molecule has 0 bridgehead atoms. The zero-order valence-electron chi connectivity index (χ0n) is 13.0. The van der Waals surface area contributed by atoms with E-state index in [2.05, 4.69) is 20.6 Å². The van der Waals surface area contributed by atoms with Crippen molar-refractivity contribution < 1.29 is 14.3 Å². The van der Waals surface area contributed by atoms with Crippen molar-refractivity contribution in [2.45, 2.75) is 6.29 Å². The first-order chi connectivity index (χ1) is 12.0. The van der Waals surface area contributed by atoms with Crippen LogP contribution in [-0.4, -0.2) is 35.3 Å². The van der Waals surface area contributed by atoms with Crippen LogP contribution in [0, 0.1) is 11.3 Å². The summed E-state index contributed by atoms with van der Waals surface area (Å²) < 4.78 is 10.6. The highest BCUT2D eigenvalue weighted by atomic mass is 35.5. The lowest BCUT2D eigenvalue weighted by Crippen LogP contribution is -2.23. The van der Waals surface area contributed by atoms with Gasteiger partial charge in [0, 0.05) is 12.1 Å². The normalized spacial score (nSPS) is 11.3. The van der Waals surface area contributed by atoms with Crippen LogP contribution in [-0.2, 0) is 4.74 Å². The molecule has 2 aromatic rings. The smallest absolute Gasteiger partial charge is 0.325 e. The number of urea groups is 1. The fraction of sp³-hybridized carbons (Fsp3) is 0.200. The summed E-state index contributed by atoms with van der Waals surface area (Å²) in [6.07, 6.45) is 1.82. The molecule has 0 spiro atoms. The van der Waals surface area contributed by atoms with E-state index in [4.69, 9.17) is 37.9 Å². The molecule has 10 heteroatoms. The van der Waals surface area contributed by atoms with Crippen LogP contribution >= 0.6 is 23.2 Å². The van der Waals surface area contributed by atoms with Crippen molar-refractivity contribution in [2.24, 2.45) is 0 Å². The van der Waals surface area contributed by atoms with Crippen LogP contribution in [0.15, 0.2) is 30.6 Å². The third-order valence-electron chi connectivity index (χ3n) is 2.85. The van der Waals surface area contributed by atoms with E-state index >= 15 is 0 Å². The summed E-state index contributed by atoms with van der Waals surface area (Å²) in [5.41, 5.74) is 0.460. The van der Waals surface area contributed by atoms with E-state index < -0.39 is 12.3 Å². The lowest BCUT2D eigenvalue weighted by atomic mass is 10.3. The summed E-state index contributed by atoms with van der Waals surface area (Å²) in [7, 11) is 1.45. The van der Waals surface area contributed by atoms with Crippen molar-refractivity contribution in [3.8, 4) is 11.8 Å². The van der Waals surface area contributed by atoms with Gasteiger partial charge in [-0.25, -0.2) is 14.8 Å². The molecular weight excluding hydrogens is 369 g/mol. The fourth-order valence-corrected chi connectivity index (χ4v) is 2.07. The number of amides is 2. The number of nitrogens with zero attached hydrogens (tertiary/aromatic N) is 3. The number of hydrogen-bond donors (Lipinski definition) is 2. The Balaban J connectivity index is 2.10. The summed E-state index contributed by atoms with van der Waals surface area (Å²) in [4.78, 5) is 19.8. The largest absolute Gasteiger partial charge is 0.461 e. The van der Waals surface area contributed by atoms with Crippen LogP contribution in [0.2, 0.25) is 5.02 Å². The molecule has 0 aliphatic rings. The number of halogens is 2. The Morgan fingerprint density at radius 2 is 2.16 bits per heavy atom. The Morgan fingerprint density at radius 1 is 1.36 bits per heavy atom. The molecule has 130 valence electrons.